The van der Waals surface area contributed by atoms with Crippen molar-refractivity contribution in [2.45, 2.75) is 110 Å². The van der Waals surface area contributed by atoms with Gasteiger partial charge in [-0.1, -0.05) is 70.4 Å². The van der Waals surface area contributed by atoms with Gasteiger partial charge in [0.2, 0.25) is 11.8 Å². The first-order valence-corrected chi connectivity index (χ1v) is 16.0. The van der Waals surface area contributed by atoms with Crippen LogP contribution in [0, 0.1) is 33.3 Å². The number of hydrogen-bond acceptors (Lipinski definition) is 7. The minimum absolute atomic E-state index is 0.0152. The van der Waals surface area contributed by atoms with Gasteiger partial charge in [-0.15, -0.1) is 0 Å². The number of nitrogens with one attached hydrogen (secondary N) is 3. The lowest BCUT2D eigenvalue weighted by molar-refractivity contribution is -0.525. The van der Waals surface area contributed by atoms with E-state index in [0.29, 0.717) is 31.1 Å². The number of nitro groups is 1. The lowest BCUT2D eigenvalue weighted by Crippen LogP contribution is -2.65. The number of hydrogen-bond donors (Lipinski definition) is 4. The molecule has 1 saturated heterocycles. The maximum absolute atomic E-state index is 13.9. The molecule has 12 nitrogen and oxygen atoms in total. The van der Waals surface area contributed by atoms with Gasteiger partial charge in [0.05, 0.1) is 23.6 Å². The summed E-state index contributed by atoms with van der Waals surface area (Å²) in [6, 6.07) is 8.62. The van der Waals surface area contributed by atoms with Crippen molar-refractivity contribution in [2.75, 3.05) is 6.54 Å². The highest BCUT2D eigenvalue weighted by atomic mass is 16.7. The molecule has 4 fully saturated rings. The van der Waals surface area contributed by atoms with Crippen molar-refractivity contribution >= 4 is 24.9 Å². The largest absolute Gasteiger partial charge is 0.481 e. The third kappa shape index (κ3) is 7.36. The van der Waals surface area contributed by atoms with Crippen molar-refractivity contribution in [1.29, 1.82) is 0 Å². The number of hydrazine groups is 1. The smallest absolute Gasteiger partial charge is 0.404 e. The van der Waals surface area contributed by atoms with Crippen LogP contribution in [0.5, 0.6) is 0 Å². The second-order valence-corrected chi connectivity index (χ2v) is 13.8. The quantitative estimate of drug-likeness (QED) is 0.0619. The summed E-state index contributed by atoms with van der Waals surface area (Å²) in [5, 5.41) is 16.0. The van der Waals surface area contributed by atoms with Crippen LogP contribution >= 0.6 is 0 Å². The van der Waals surface area contributed by atoms with Gasteiger partial charge in [-0.2, -0.15) is 0 Å². The fourth-order valence-corrected chi connectivity index (χ4v) is 7.52. The van der Waals surface area contributed by atoms with Crippen molar-refractivity contribution in [3.63, 3.8) is 0 Å². The molecular formula is C31H49BN6O6. The maximum Gasteiger partial charge on any atom is 0.481 e. The molecule has 0 radical (unpaired) electrons. The number of benzene rings is 1. The van der Waals surface area contributed by atoms with Gasteiger partial charge in [0.15, 0.2) is 5.03 Å². The van der Waals surface area contributed by atoms with Crippen LogP contribution < -0.4 is 21.8 Å². The molecule has 242 valence electrons. The molecular weight excluding hydrogens is 563 g/mol. The van der Waals surface area contributed by atoms with Gasteiger partial charge in [0, 0.05) is 6.54 Å². The molecule has 1 aromatic rings. The van der Waals surface area contributed by atoms with Crippen molar-refractivity contribution in [2.24, 2.45) is 33.9 Å². The topological polar surface area (TPSA) is 170 Å². The normalized spacial score (nSPS) is 27.5. The van der Waals surface area contributed by atoms with E-state index in [0.717, 1.165) is 18.4 Å². The predicted molar refractivity (Wildman–Crippen MR) is 169 cm³/mol. The van der Waals surface area contributed by atoms with Crippen molar-refractivity contribution in [3.8, 4) is 0 Å². The molecule has 1 heterocycles. The molecule has 3 aliphatic carbocycles. The first-order valence-electron chi connectivity index (χ1n) is 16.0. The molecule has 0 aromatic heterocycles. The first kappa shape index (κ1) is 33.7. The van der Waals surface area contributed by atoms with Crippen LogP contribution in [0.15, 0.2) is 35.3 Å². The lowest BCUT2D eigenvalue weighted by atomic mass is 9.43. The summed E-state index contributed by atoms with van der Waals surface area (Å²) in [5.41, 5.74) is 8.02. The molecule has 1 aromatic carbocycles. The Bertz CT molecular complexity index is 1220. The number of rotatable bonds is 14. The number of nitrogens with two attached hydrogens (primary N) is 1. The van der Waals surface area contributed by atoms with Crippen LogP contribution in [0.1, 0.15) is 91.5 Å². The SMILES string of the molecule is CC[C@@H](C(=O)N[C@@H](CCCN=C(N)N[N+](=O)[O-])C(=O)N[C@@H](CC(C)C)B1O[C@@H]2C[C@H]3C[C@H](C3(C)C)[C@]2(C)O1)c1ccccc1. The average molecular weight is 613 g/mol. The van der Waals surface area contributed by atoms with Crippen LogP contribution in [-0.2, 0) is 18.9 Å². The van der Waals surface area contributed by atoms with Gasteiger partial charge in [-0.25, -0.2) is 15.1 Å². The molecule has 5 N–H and O–H groups in total. The monoisotopic (exact) mass is 612 g/mol. The van der Waals surface area contributed by atoms with E-state index >= 15 is 0 Å². The van der Waals surface area contributed by atoms with Crippen LogP contribution in [0.4, 0.5) is 0 Å². The summed E-state index contributed by atoms with van der Waals surface area (Å²) in [4.78, 5) is 42.0. The Kier molecular flexibility index (Phi) is 10.6. The van der Waals surface area contributed by atoms with Crippen molar-refractivity contribution in [1.82, 2.24) is 16.1 Å². The van der Waals surface area contributed by atoms with E-state index in [1.807, 2.05) is 42.7 Å². The molecule has 13 heteroatoms. The van der Waals surface area contributed by atoms with Gasteiger partial charge in [0.25, 0.3) is 5.96 Å². The van der Waals surface area contributed by atoms with Crippen molar-refractivity contribution < 1.29 is 23.9 Å². The van der Waals surface area contributed by atoms with Crippen LogP contribution in [0.2, 0.25) is 0 Å². The molecule has 7 atom stereocenters. The molecule has 4 aliphatic rings. The van der Waals surface area contributed by atoms with Crippen LogP contribution in [0.3, 0.4) is 0 Å². The minimum atomic E-state index is -0.860. The van der Waals surface area contributed by atoms with Crippen LogP contribution in [0.25, 0.3) is 0 Å². The number of amides is 2. The van der Waals surface area contributed by atoms with Gasteiger partial charge in [-0.3, -0.25) is 9.59 Å². The Morgan fingerprint density at radius 3 is 2.48 bits per heavy atom. The molecule has 2 amide bonds. The fraction of sp³-hybridized carbons (Fsp3) is 0.710. The zero-order valence-corrected chi connectivity index (χ0v) is 26.9. The fourth-order valence-electron chi connectivity index (χ4n) is 7.52. The Morgan fingerprint density at radius 2 is 1.86 bits per heavy atom. The highest BCUT2D eigenvalue weighted by Gasteiger charge is 2.68. The Balaban J connectivity index is 1.49. The number of aliphatic imine (C=N–C) groups is 1. The summed E-state index contributed by atoms with van der Waals surface area (Å²) in [6.07, 6.45) is 3.90. The number of guanidine groups is 1. The minimum Gasteiger partial charge on any atom is -0.404 e. The Morgan fingerprint density at radius 1 is 1.16 bits per heavy atom. The van der Waals surface area contributed by atoms with Crippen molar-refractivity contribution in [3.05, 3.63) is 46.0 Å². The third-order valence-electron chi connectivity index (χ3n) is 10.0. The summed E-state index contributed by atoms with van der Waals surface area (Å²) in [7, 11) is -0.590. The predicted octanol–water partition coefficient (Wildman–Crippen LogP) is 3.34. The molecule has 5 rings (SSSR count). The highest BCUT2D eigenvalue weighted by Crippen LogP contribution is 2.65. The van der Waals surface area contributed by atoms with Gasteiger partial charge >= 0.3 is 7.12 Å². The number of nitrogens with zero attached hydrogens (tertiary/aromatic N) is 2. The second kappa shape index (κ2) is 13.8. The average Bonchev–Trinajstić information content (AvgIpc) is 3.32. The molecule has 3 saturated carbocycles. The molecule has 1 aliphatic heterocycles. The number of carbonyl (C=O) groups is 2. The van der Waals surface area contributed by atoms with Gasteiger partial charge in [0.1, 0.15) is 6.04 Å². The number of carbonyl (C=O) groups excluding carboxylic acids is 2. The molecule has 44 heavy (non-hydrogen) atoms. The van der Waals surface area contributed by atoms with E-state index in [4.69, 9.17) is 15.0 Å². The summed E-state index contributed by atoms with van der Waals surface area (Å²) in [5.74, 6) is -0.454. The van der Waals surface area contributed by atoms with E-state index in [-0.39, 0.29) is 48.2 Å². The van der Waals surface area contributed by atoms with Gasteiger partial charge in [-0.05, 0) is 74.2 Å². The van der Waals surface area contributed by atoms with Crippen LogP contribution in [-0.4, -0.2) is 60.2 Å². The van der Waals surface area contributed by atoms with E-state index < -0.39 is 35.7 Å². The van der Waals surface area contributed by atoms with E-state index in [1.165, 1.54) is 0 Å². The summed E-state index contributed by atoms with van der Waals surface area (Å²) >= 11 is 0. The molecule has 0 unspecified atom stereocenters. The summed E-state index contributed by atoms with van der Waals surface area (Å²) < 4.78 is 13.3. The highest BCUT2D eigenvalue weighted by molar-refractivity contribution is 6.48. The molecule has 0 spiro atoms. The zero-order valence-electron chi connectivity index (χ0n) is 26.9. The first-order chi connectivity index (χ1) is 20.8. The lowest BCUT2D eigenvalue weighted by Gasteiger charge is -2.64. The second-order valence-electron chi connectivity index (χ2n) is 13.8. The maximum atomic E-state index is 13.9. The third-order valence-corrected chi connectivity index (χ3v) is 10.0. The molecule has 2 bridgehead atoms. The zero-order chi connectivity index (χ0) is 32.2. The Hall–Kier alpha value is -3.19. The standard InChI is InChI=1S/C31H49BN6O6/c1-7-22(20-12-9-8-10-13-20)27(39)35-23(14-11-15-34-29(33)37-38(41)42)28(40)36-26(16-19(2)3)32-43-25-18-21-17-24(30(21,4)5)31(25,6)44-32/h8-10,12-13,19,21-26H,7,11,14-18H2,1-6H3,(H,35,39)(H,36,40)(H3,33,34,37)/t21-,22-,23+,24-,25-,26+,31+/m1/s1. The Labute approximate surface area is 260 Å². The van der Waals surface area contributed by atoms with E-state index in [1.54, 1.807) is 0 Å². The van der Waals surface area contributed by atoms with E-state index in [2.05, 4.69) is 50.2 Å². The summed E-state index contributed by atoms with van der Waals surface area (Å²) in [6.45, 7) is 13.1. The van der Waals surface area contributed by atoms with Gasteiger partial charge < -0.3 is 25.7 Å². The van der Waals surface area contributed by atoms with E-state index in [9.17, 15) is 19.7 Å².